The summed E-state index contributed by atoms with van der Waals surface area (Å²) in [6.45, 7) is 0. The van der Waals surface area contributed by atoms with Crippen LogP contribution in [0.3, 0.4) is 0 Å². The van der Waals surface area contributed by atoms with E-state index in [0.717, 1.165) is 32.0 Å². The molecule has 0 bridgehead atoms. The molecule has 4 heteroatoms. The van der Waals surface area contributed by atoms with E-state index in [1.807, 2.05) is 12.1 Å². The van der Waals surface area contributed by atoms with Gasteiger partial charge >= 0.3 is 6.03 Å². The van der Waals surface area contributed by atoms with Crippen molar-refractivity contribution >= 4 is 12.3 Å². The third-order valence-electron chi connectivity index (χ3n) is 4.98. The van der Waals surface area contributed by atoms with Crippen molar-refractivity contribution in [2.45, 2.75) is 57.0 Å². The van der Waals surface area contributed by atoms with Crippen LogP contribution in [0.4, 0.5) is 4.79 Å². The Balaban J connectivity index is 1.54. The number of nitrogens with one attached hydrogen (secondary N) is 2. The zero-order chi connectivity index (χ0) is 15.4. The fourth-order valence-electron chi connectivity index (χ4n) is 3.74. The molecule has 22 heavy (non-hydrogen) atoms. The minimum atomic E-state index is -0.406. The van der Waals surface area contributed by atoms with Crippen molar-refractivity contribution in [2.24, 2.45) is 5.92 Å². The van der Waals surface area contributed by atoms with Crippen LogP contribution in [0.25, 0.3) is 0 Å². The second-order valence-electron chi connectivity index (χ2n) is 6.55. The van der Waals surface area contributed by atoms with Crippen LogP contribution in [0.1, 0.15) is 43.2 Å². The van der Waals surface area contributed by atoms with Crippen molar-refractivity contribution in [3.05, 3.63) is 35.4 Å². The van der Waals surface area contributed by atoms with Gasteiger partial charge in [0.25, 0.3) is 0 Å². The summed E-state index contributed by atoms with van der Waals surface area (Å²) in [6, 6.07) is 7.94. The maximum absolute atomic E-state index is 12.1. The minimum absolute atomic E-state index is 0.173. The summed E-state index contributed by atoms with van der Waals surface area (Å²) < 4.78 is 0. The van der Waals surface area contributed by atoms with E-state index in [0.29, 0.717) is 0 Å². The van der Waals surface area contributed by atoms with E-state index in [9.17, 15) is 9.59 Å². The van der Waals surface area contributed by atoms with Crippen LogP contribution in [-0.2, 0) is 17.6 Å². The molecule has 118 valence electrons. The van der Waals surface area contributed by atoms with Gasteiger partial charge < -0.3 is 15.4 Å². The highest BCUT2D eigenvalue weighted by Gasteiger charge is 2.29. The molecule has 0 spiro atoms. The van der Waals surface area contributed by atoms with Crippen molar-refractivity contribution in [2.75, 3.05) is 0 Å². The third kappa shape index (κ3) is 3.49. The van der Waals surface area contributed by atoms with Crippen LogP contribution in [0, 0.1) is 5.92 Å². The van der Waals surface area contributed by atoms with Crippen molar-refractivity contribution in [3.8, 4) is 0 Å². The van der Waals surface area contributed by atoms with Gasteiger partial charge in [-0.25, -0.2) is 4.79 Å². The van der Waals surface area contributed by atoms with Gasteiger partial charge in [0.1, 0.15) is 6.29 Å². The Morgan fingerprint density at radius 1 is 1.09 bits per heavy atom. The zero-order valence-electron chi connectivity index (χ0n) is 12.9. The first kappa shape index (κ1) is 15.1. The van der Waals surface area contributed by atoms with Gasteiger partial charge in [0.2, 0.25) is 0 Å². The molecule has 0 heterocycles. The van der Waals surface area contributed by atoms with E-state index < -0.39 is 6.04 Å². The monoisotopic (exact) mass is 300 g/mol. The Bertz CT molecular complexity index is 513. The number of benzene rings is 1. The highest BCUT2D eigenvalue weighted by molar-refractivity contribution is 5.78. The van der Waals surface area contributed by atoms with Gasteiger partial charge in [0.15, 0.2) is 0 Å². The molecule has 1 aromatic carbocycles. The molecule has 1 aromatic rings. The first-order valence-corrected chi connectivity index (χ1v) is 8.35. The predicted octanol–water partition coefficient (Wildman–Crippen LogP) is 2.60. The van der Waals surface area contributed by atoms with E-state index in [4.69, 9.17) is 0 Å². The maximum atomic E-state index is 12.1. The third-order valence-corrected chi connectivity index (χ3v) is 4.98. The van der Waals surface area contributed by atoms with Crippen LogP contribution in [-0.4, -0.2) is 24.4 Å². The number of hydrogen-bond acceptors (Lipinski definition) is 2. The van der Waals surface area contributed by atoms with Crippen LogP contribution < -0.4 is 10.6 Å². The molecule has 3 rings (SSSR count). The second kappa shape index (κ2) is 6.95. The standard InChI is InChI=1S/C18H24N2O2/c21-12-17(15-10-13-6-4-5-7-14(13)11-15)20-18(22)19-16-8-2-1-3-9-16/h4-7,12,15-17H,1-3,8-11H2,(H2,19,20,22). The molecule has 2 amide bonds. The first-order chi connectivity index (χ1) is 10.8. The van der Waals surface area contributed by atoms with E-state index in [1.165, 1.54) is 30.4 Å². The molecule has 1 unspecified atom stereocenters. The molecule has 0 saturated heterocycles. The van der Waals surface area contributed by atoms with Gasteiger partial charge in [0.05, 0.1) is 6.04 Å². The lowest BCUT2D eigenvalue weighted by Gasteiger charge is -2.25. The highest BCUT2D eigenvalue weighted by atomic mass is 16.2. The molecule has 0 aromatic heterocycles. The van der Waals surface area contributed by atoms with Gasteiger partial charge in [-0.05, 0) is 42.7 Å². The molecule has 1 atom stereocenters. The van der Waals surface area contributed by atoms with Crippen LogP contribution >= 0.6 is 0 Å². The number of fused-ring (bicyclic) bond motifs is 1. The van der Waals surface area contributed by atoms with Gasteiger partial charge in [0, 0.05) is 6.04 Å². The maximum Gasteiger partial charge on any atom is 0.315 e. The van der Waals surface area contributed by atoms with Crippen molar-refractivity contribution in [1.29, 1.82) is 0 Å². The second-order valence-corrected chi connectivity index (χ2v) is 6.55. The smallest absolute Gasteiger partial charge is 0.315 e. The molecule has 2 aliphatic rings. The summed E-state index contributed by atoms with van der Waals surface area (Å²) in [7, 11) is 0. The number of hydrogen-bond donors (Lipinski definition) is 2. The molecular weight excluding hydrogens is 276 g/mol. The Morgan fingerprint density at radius 2 is 1.73 bits per heavy atom. The lowest BCUT2D eigenvalue weighted by Crippen LogP contribution is -2.49. The van der Waals surface area contributed by atoms with Gasteiger partial charge in [-0.2, -0.15) is 0 Å². The van der Waals surface area contributed by atoms with Crippen LogP contribution in [0.2, 0.25) is 0 Å². The lowest BCUT2D eigenvalue weighted by atomic mass is 9.95. The fraction of sp³-hybridized carbons (Fsp3) is 0.556. The first-order valence-electron chi connectivity index (χ1n) is 8.35. The number of rotatable bonds is 4. The van der Waals surface area contributed by atoms with E-state index >= 15 is 0 Å². The van der Waals surface area contributed by atoms with Crippen molar-refractivity contribution < 1.29 is 9.59 Å². The number of aldehydes is 1. The molecule has 0 aliphatic heterocycles. The zero-order valence-corrected chi connectivity index (χ0v) is 12.9. The molecule has 1 fully saturated rings. The Hall–Kier alpha value is -1.84. The quantitative estimate of drug-likeness (QED) is 0.840. The molecule has 2 aliphatic carbocycles. The summed E-state index contributed by atoms with van der Waals surface area (Å²) in [5.41, 5.74) is 2.60. The number of carbonyl (C=O) groups excluding carboxylic acids is 2. The Morgan fingerprint density at radius 3 is 2.32 bits per heavy atom. The summed E-state index contributed by atoms with van der Waals surface area (Å²) in [5.74, 6) is 0.173. The van der Waals surface area contributed by atoms with E-state index in [2.05, 4.69) is 22.8 Å². The van der Waals surface area contributed by atoms with Gasteiger partial charge in [-0.15, -0.1) is 0 Å². The molecule has 1 saturated carbocycles. The number of amides is 2. The van der Waals surface area contributed by atoms with Crippen LogP contribution in [0.15, 0.2) is 24.3 Å². The normalized spacial score (nSPS) is 20.2. The Kier molecular flexibility index (Phi) is 4.76. The summed E-state index contributed by atoms with van der Waals surface area (Å²) in [4.78, 5) is 23.6. The lowest BCUT2D eigenvalue weighted by molar-refractivity contribution is -0.110. The predicted molar refractivity (Wildman–Crippen MR) is 85.7 cm³/mol. The Labute approximate surface area is 131 Å². The van der Waals surface area contributed by atoms with E-state index in [-0.39, 0.29) is 18.0 Å². The number of urea groups is 1. The van der Waals surface area contributed by atoms with Gasteiger partial charge in [-0.1, -0.05) is 43.5 Å². The largest absolute Gasteiger partial charge is 0.335 e. The number of carbonyl (C=O) groups is 2. The fourth-order valence-corrected chi connectivity index (χ4v) is 3.74. The van der Waals surface area contributed by atoms with Crippen molar-refractivity contribution in [3.63, 3.8) is 0 Å². The summed E-state index contributed by atoms with van der Waals surface area (Å²) in [6.07, 6.45) is 8.34. The molecular formula is C18H24N2O2. The minimum Gasteiger partial charge on any atom is -0.335 e. The van der Waals surface area contributed by atoms with E-state index in [1.54, 1.807) is 0 Å². The molecule has 4 nitrogen and oxygen atoms in total. The topological polar surface area (TPSA) is 58.2 Å². The van der Waals surface area contributed by atoms with Crippen LogP contribution in [0.5, 0.6) is 0 Å². The van der Waals surface area contributed by atoms with Gasteiger partial charge in [-0.3, -0.25) is 0 Å². The average Bonchev–Trinajstić information content (AvgIpc) is 2.97. The summed E-state index contributed by atoms with van der Waals surface area (Å²) in [5, 5.41) is 5.89. The SMILES string of the molecule is O=CC(NC(=O)NC1CCCCC1)C1Cc2ccccc2C1. The summed E-state index contributed by atoms with van der Waals surface area (Å²) >= 11 is 0. The molecule has 0 radical (unpaired) electrons. The molecule has 2 N–H and O–H groups in total. The van der Waals surface area contributed by atoms with Crippen molar-refractivity contribution in [1.82, 2.24) is 10.6 Å². The highest BCUT2D eigenvalue weighted by Crippen LogP contribution is 2.28. The average molecular weight is 300 g/mol.